The second-order valence-electron chi connectivity index (χ2n) is 7.48. The van der Waals surface area contributed by atoms with Gasteiger partial charge in [-0.3, -0.25) is 20.2 Å². The minimum atomic E-state index is -0.307. The number of aryl methyl sites for hydroxylation is 1. The first-order valence-corrected chi connectivity index (χ1v) is 8.99. The number of carbonyl (C=O) groups excluding carboxylic acids is 1. The van der Waals surface area contributed by atoms with E-state index in [-0.39, 0.29) is 17.1 Å². The van der Waals surface area contributed by atoms with Crippen molar-refractivity contribution in [3.8, 4) is 11.5 Å². The van der Waals surface area contributed by atoms with Crippen LogP contribution in [-0.2, 0) is 5.41 Å². The second-order valence-corrected chi connectivity index (χ2v) is 7.48. The molecule has 0 unspecified atom stereocenters. The molecular formula is C21H20FN5O. The molecule has 1 aromatic carbocycles. The van der Waals surface area contributed by atoms with E-state index in [9.17, 15) is 9.18 Å². The Balaban J connectivity index is 1.58. The van der Waals surface area contributed by atoms with Crippen LogP contribution in [0.1, 0.15) is 35.5 Å². The Bertz CT molecular complexity index is 1050. The fourth-order valence-corrected chi connectivity index (χ4v) is 3.44. The molecule has 2 aromatic heterocycles. The lowest BCUT2D eigenvalue weighted by atomic mass is 9.87. The molecule has 142 valence electrons. The van der Waals surface area contributed by atoms with E-state index in [1.54, 1.807) is 24.2 Å². The number of hydrogen-bond acceptors (Lipinski definition) is 5. The molecule has 1 amide bonds. The molecule has 0 spiro atoms. The molecule has 0 aliphatic carbocycles. The van der Waals surface area contributed by atoms with Gasteiger partial charge in [0.2, 0.25) is 0 Å². The summed E-state index contributed by atoms with van der Waals surface area (Å²) in [5, 5.41) is 1.75. The predicted molar refractivity (Wildman–Crippen MR) is 104 cm³/mol. The molecule has 6 nitrogen and oxygen atoms in total. The molecule has 0 bridgehead atoms. The summed E-state index contributed by atoms with van der Waals surface area (Å²) in [5.41, 5.74) is 5.88. The van der Waals surface area contributed by atoms with Crippen LogP contribution < -0.4 is 10.4 Å². The van der Waals surface area contributed by atoms with E-state index in [2.05, 4.69) is 20.4 Å². The van der Waals surface area contributed by atoms with Gasteiger partial charge in [0.25, 0.3) is 5.91 Å². The van der Waals surface area contributed by atoms with Gasteiger partial charge in [0, 0.05) is 24.4 Å². The zero-order valence-electron chi connectivity index (χ0n) is 15.9. The number of hydrazine groups is 1. The number of benzene rings is 1. The summed E-state index contributed by atoms with van der Waals surface area (Å²) in [4.78, 5) is 25.8. The highest BCUT2D eigenvalue weighted by Gasteiger charge is 2.36. The van der Waals surface area contributed by atoms with Gasteiger partial charge < -0.3 is 0 Å². The number of aromatic nitrogens is 3. The first-order valence-electron chi connectivity index (χ1n) is 8.99. The number of amides is 1. The third kappa shape index (κ3) is 3.19. The number of nitrogens with zero attached hydrogens (tertiary/aromatic N) is 4. The molecule has 1 aliphatic heterocycles. The van der Waals surface area contributed by atoms with Crippen LogP contribution in [0.15, 0.2) is 48.8 Å². The largest absolute Gasteiger partial charge is 0.284 e. The van der Waals surface area contributed by atoms with Gasteiger partial charge in [-0.1, -0.05) is 19.9 Å². The Morgan fingerprint density at radius 1 is 1.21 bits per heavy atom. The molecule has 3 aromatic rings. The number of pyridine rings is 1. The molecule has 0 radical (unpaired) electrons. The van der Waals surface area contributed by atoms with Gasteiger partial charge in [-0.25, -0.2) is 14.4 Å². The highest BCUT2D eigenvalue weighted by atomic mass is 19.1. The van der Waals surface area contributed by atoms with Crippen LogP contribution in [0.5, 0.6) is 0 Å². The lowest BCUT2D eigenvalue weighted by Crippen LogP contribution is -2.44. The maximum atomic E-state index is 13.7. The van der Waals surface area contributed by atoms with Crippen LogP contribution in [-0.4, -0.2) is 27.4 Å². The average molecular weight is 377 g/mol. The first-order chi connectivity index (χ1) is 13.3. The van der Waals surface area contributed by atoms with Crippen LogP contribution in [0.3, 0.4) is 0 Å². The van der Waals surface area contributed by atoms with E-state index >= 15 is 0 Å². The molecule has 0 fully saturated rings. The number of nitrogens with one attached hydrogen (secondary N) is 1. The van der Waals surface area contributed by atoms with Crippen molar-refractivity contribution in [2.45, 2.75) is 26.2 Å². The summed E-state index contributed by atoms with van der Waals surface area (Å²) >= 11 is 0. The zero-order valence-corrected chi connectivity index (χ0v) is 15.9. The van der Waals surface area contributed by atoms with Crippen LogP contribution in [0, 0.1) is 12.7 Å². The van der Waals surface area contributed by atoms with E-state index in [0.29, 0.717) is 29.3 Å². The molecular weight excluding hydrogens is 357 g/mol. The summed E-state index contributed by atoms with van der Waals surface area (Å²) < 4.78 is 13.7. The Morgan fingerprint density at radius 3 is 2.75 bits per heavy atom. The molecule has 1 aliphatic rings. The fourth-order valence-electron chi connectivity index (χ4n) is 3.44. The van der Waals surface area contributed by atoms with Gasteiger partial charge in [0.1, 0.15) is 11.5 Å². The van der Waals surface area contributed by atoms with Crippen LogP contribution in [0.25, 0.3) is 11.5 Å². The summed E-state index contributed by atoms with van der Waals surface area (Å²) in [6.07, 6.45) is 3.18. The van der Waals surface area contributed by atoms with Crippen molar-refractivity contribution in [1.82, 2.24) is 20.4 Å². The van der Waals surface area contributed by atoms with Crippen molar-refractivity contribution in [3.05, 3.63) is 71.4 Å². The summed E-state index contributed by atoms with van der Waals surface area (Å²) in [6.45, 7) is 6.35. The Kier molecular flexibility index (Phi) is 4.30. The summed E-state index contributed by atoms with van der Waals surface area (Å²) in [6, 6.07) is 10.1. The van der Waals surface area contributed by atoms with Crippen LogP contribution in [0.4, 0.5) is 10.1 Å². The van der Waals surface area contributed by atoms with E-state index in [0.717, 1.165) is 11.3 Å². The van der Waals surface area contributed by atoms with Gasteiger partial charge in [0.15, 0.2) is 5.82 Å². The van der Waals surface area contributed by atoms with E-state index < -0.39 is 0 Å². The standard InChI is InChI=1S/C21H20FN5O/c1-13-15(11-24-19(25-13)17-6-4-5-9-23-17)20(28)26-27-12-21(2,3)16-10-14(22)7-8-18(16)27/h4-11H,12H2,1-3H3,(H,26,28). The predicted octanol–water partition coefficient (Wildman–Crippen LogP) is 3.43. The number of fused-ring (bicyclic) bond motifs is 1. The maximum absolute atomic E-state index is 13.7. The SMILES string of the molecule is Cc1nc(-c2ccccn2)ncc1C(=O)NN1CC(C)(C)c2cc(F)ccc21. The van der Waals surface area contributed by atoms with Gasteiger partial charge in [-0.05, 0) is 42.8 Å². The van der Waals surface area contributed by atoms with Crippen molar-refractivity contribution < 1.29 is 9.18 Å². The van der Waals surface area contributed by atoms with E-state index in [4.69, 9.17) is 0 Å². The Labute approximate surface area is 162 Å². The molecule has 4 rings (SSSR count). The highest BCUT2D eigenvalue weighted by molar-refractivity contribution is 5.96. The normalized spacial score (nSPS) is 14.6. The van der Waals surface area contributed by atoms with E-state index in [1.807, 2.05) is 32.0 Å². The second kappa shape index (κ2) is 6.67. The number of hydrogen-bond donors (Lipinski definition) is 1. The molecule has 7 heteroatoms. The zero-order chi connectivity index (χ0) is 19.9. The first kappa shape index (κ1) is 18.0. The third-order valence-electron chi connectivity index (χ3n) is 4.89. The highest BCUT2D eigenvalue weighted by Crippen LogP contribution is 2.39. The average Bonchev–Trinajstić information content (AvgIpc) is 2.91. The number of rotatable bonds is 3. The number of halogens is 1. The van der Waals surface area contributed by atoms with Gasteiger partial charge in [-0.2, -0.15) is 0 Å². The molecule has 0 saturated heterocycles. The van der Waals surface area contributed by atoms with Crippen molar-refractivity contribution in [2.75, 3.05) is 11.6 Å². The summed E-state index contributed by atoms with van der Waals surface area (Å²) in [5.74, 6) is -0.120. The lowest BCUT2D eigenvalue weighted by Gasteiger charge is -2.23. The molecule has 0 saturated carbocycles. The Hall–Kier alpha value is -3.35. The van der Waals surface area contributed by atoms with Crippen molar-refractivity contribution in [3.63, 3.8) is 0 Å². The minimum absolute atomic E-state index is 0.279. The molecule has 3 heterocycles. The number of carbonyl (C=O) groups is 1. The Morgan fingerprint density at radius 2 is 2.04 bits per heavy atom. The summed E-state index contributed by atoms with van der Waals surface area (Å²) in [7, 11) is 0. The van der Waals surface area contributed by atoms with Crippen molar-refractivity contribution in [1.29, 1.82) is 0 Å². The lowest BCUT2D eigenvalue weighted by molar-refractivity contribution is 0.0947. The van der Waals surface area contributed by atoms with Crippen molar-refractivity contribution >= 4 is 11.6 Å². The maximum Gasteiger partial charge on any atom is 0.273 e. The van der Waals surface area contributed by atoms with Gasteiger partial charge >= 0.3 is 0 Å². The smallest absolute Gasteiger partial charge is 0.273 e. The quantitative estimate of drug-likeness (QED) is 0.757. The van der Waals surface area contributed by atoms with Crippen LogP contribution in [0.2, 0.25) is 0 Å². The monoisotopic (exact) mass is 377 g/mol. The molecule has 0 atom stereocenters. The molecule has 28 heavy (non-hydrogen) atoms. The van der Waals surface area contributed by atoms with Gasteiger partial charge in [0.05, 0.1) is 16.9 Å². The van der Waals surface area contributed by atoms with Crippen molar-refractivity contribution in [2.24, 2.45) is 0 Å². The number of anilines is 1. The molecule has 1 N–H and O–H groups in total. The minimum Gasteiger partial charge on any atom is -0.284 e. The van der Waals surface area contributed by atoms with Crippen LogP contribution >= 0.6 is 0 Å². The van der Waals surface area contributed by atoms with E-state index in [1.165, 1.54) is 18.3 Å². The van der Waals surface area contributed by atoms with Gasteiger partial charge in [-0.15, -0.1) is 0 Å². The fraction of sp³-hybridized carbons (Fsp3) is 0.238. The topological polar surface area (TPSA) is 71.0 Å². The third-order valence-corrected chi connectivity index (χ3v) is 4.89.